The Morgan fingerprint density at radius 1 is 1.12 bits per heavy atom. The fourth-order valence-corrected chi connectivity index (χ4v) is 7.86. The Morgan fingerprint density at radius 3 is 2.46 bits per heavy atom. The van der Waals surface area contributed by atoms with E-state index in [1.54, 1.807) is 36.5 Å². The van der Waals surface area contributed by atoms with Crippen molar-refractivity contribution < 1.29 is 16.8 Å². The molecule has 140 valence electrons. The summed E-state index contributed by atoms with van der Waals surface area (Å²) in [5.41, 5.74) is 1.77. The number of nitrogens with zero attached hydrogens (tertiary/aromatic N) is 1. The Labute approximate surface area is 154 Å². The molecule has 1 aromatic heterocycles. The summed E-state index contributed by atoms with van der Waals surface area (Å²) in [7, 11) is -7.17. The highest BCUT2D eigenvalue weighted by atomic mass is 32.2. The smallest absolute Gasteiger partial charge is 0.183 e. The van der Waals surface area contributed by atoms with E-state index in [1.165, 1.54) is 0 Å². The predicted molar refractivity (Wildman–Crippen MR) is 100 cm³/mol. The minimum absolute atomic E-state index is 0.168. The number of nitrogens with one attached hydrogen (secondary N) is 1. The van der Waals surface area contributed by atoms with Gasteiger partial charge in [-0.15, -0.1) is 0 Å². The van der Waals surface area contributed by atoms with Crippen LogP contribution in [0.2, 0.25) is 0 Å². The maximum Gasteiger partial charge on any atom is 0.183 e. The van der Waals surface area contributed by atoms with E-state index in [1.807, 2.05) is 19.1 Å². The summed E-state index contributed by atoms with van der Waals surface area (Å²) in [4.78, 5) is 4.35. The number of sulfone groups is 2. The third-order valence-electron chi connectivity index (χ3n) is 4.63. The number of rotatable bonds is 6. The van der Waals surface area contributed by atoms with Crippen LogP contribution in [0.3, 0.4) is 0 Å². The molecule has 1 aromatic carbocycles. The van der Waals surface area contributed by atoms with E-state index in [-0.39, 0.29) is 16.4 Å². The maximum absolute atomic E-state index is 13.0. The molecule has 1 aliphatic heterocycles. The predicted octanol–water partition coefficient (Wildman–Crippen LogP) is 1.37. The van der Waals surface area contributed by atoms with E-state index >= 15 is 0 Å². The van der Waals surface area contributed by atoms with Crippen LogP contribution in [0.5, 0.6) is 0 Å². The van der Waals surface area contributed by atoms with Crippen molar-refractivity contribution in [2.24, 2.45) is 0 Å². The average molecular weight is 395 g/mol. The van der Waals surface area contributed by atoms with Crippen molar-refractivity contribution in [3.63, 3.8) is 0 Å². The van der Waals surface area contributed by atoms with Gasteiger partial charge < -0.3 is 5.32 Å². The van der Waals surface area contributed by atoms with Crippen LogP contribution in [0, 0.1) is 0 Å². The SMILES string of the molecule is CCc1ccc(S(=O)(=O)[C@H]2CS(=O)(=O)C[C@@H]2NCc2ccccn2)cc1. The van der Waals surface area contributed by atoms with Gasteiger partial charge in [-0.25, -0.2) is 16.8 Å². The molecular weight excluding hydrogens is 372 g/mol. The Balaban J connectivity index is 1.84. The number of aromatic nitrogens is 1. The lowest BCUT2D eigenvalue weighted by Crippen LogP contribution is -2.43. The molecule has 6 nitrogen and oxygen atoms in total. The lowest BCUT2D eigenvalue weighted by molar-refractivity contribution is 0.523. The van der Waals surface area contributed by atoms with Gasteiger partial charge >= 0.3 is 0 Å². The summed E-state index contributed by atoms with van der Waals surface area (Å²) >= 11 is 0. The van der Waals surface area contributed by atoms with Crippen molar-refractivity contribution in [2.75, 3.05) is 11.5 Å². The van der Waals surface area contributed by atoms with Crippen molar-refractivity contribution in [3.05, 3.63) is 59.9 Å². The molecule has 1 saturated heterocycles. The van der Waals surface area contributed by atoms with Crippen LogP contribution in [-0.4, -0.2) is 44.6 Å². The zero-order valence-corrected chi connectivity index (χ0v) is 16.1. The third kappa shape index (κ3) is 4.13. The highest BCUT2D eigenvalue weighted by molar-refractivity contribution is 7.96. The first-order valence-electron chi connectivity index (χ1n) is 8.48. The molecule has 3 rings (SSSR count). The van der Waals surface area contributed by atoms with Gasteiger partial charge in [0.1, 0.15) is 0 Å². The van der Waals surface area contributed by atoms with Gasteiger partial charge in [0.05, 0.1) is 27.3 Å². The Kier molecular flexibility index (Phi) is 5.45. The minimum atomic E-state index is -3.75. The van der Waals surface area contributed by atoms with Gasteiger partial charge in [-0.1, -0.05) is 25.1 Å². The van der Waals surface area contributed by atoms with Crippen LogP contribution < -0.4 is 5.32 Å². The molecule has 0 unspecified atom stereocenters. The number of hydrogen-bond donors (Lipinski definition) is 1. The summed E-state index contributed by atoms with van der Waals surface area (Å²) in [6.45, 7) is 2.31. The second-order valence-corrected chi connectivity index (χ2v) is 10.8. The number of hydrogen-bond acceptors (Lipinski definition) is 6. The summed E-state index contributed by atoms with van der Waals surface area (Å²) < 4.78 is 50.3. The van der Waals surface area contributed by atoms with Gasteiger partial charge in [-0.05, 0) is 36.2 Å². The minimum Gasteiger partial charge on any atom is -0.306 e. The number of pyridine rings is 1. The van der Waals surface area contributed by atoms with Gasteiger partial charge in [-0.2, -0.15) is 0 Å². The van der Waals surface area contributed by atoms with Gasteiger partial charge in [-0.3, -0.25) is 4.98 Å². The number of benzene rings is 1. The molecule has 0 saturated carbocycles. The first-order chi connectivity index (χ1) is 12.3. The van der Waals surface area contributed by atoms with Crippen LogP contribution in [0.1, 0.15) is 18.2 Å². The third-order valence-corrected chi connectivity index (χ3v) is 8.80. The van der Waals surface area contributed by atoms with Crippen molar-refractivity contribution in [2.45, 2.75) is 36.1 Å². The zero-order valence-electron chi connectivity index (χ0n) is 14.5. The first kappa shape index (κ1) is 19.0. The van der Waals surface area contributed by atoms with E-state index in [0.717, 1.165) is 17.7 Å². The molecule has 0 aliphatic carbocycles. The number of aryl methyl sites for hydroxylation is 1. The Hall–Kier alpha value is -1.77. The quantitative estimate of drug-likeness (QED) is 0.795. The molecule has 0 radical (unpaired) electrons. The molecule has 1 aliphatic rings. The van der Waals surface area contributed by atoms with Crippen LogP contribution in [-0.2, 0) is 32.6 Å². The van der Waals surface area contributed by atoms with Crippen LogP contribution >= 0.6 is 0 Å². The first-order valence-corrected chi connectivity index (χ1v) is 11.8. The molecule has 1 N–H and O–H groups in total. The lowest BCUT2D eigenvalue weighted by Gasteiger charge is -2.20. The molecule has 0 spiro atoms. The summed E-state index contributed by atoms with van der Waals surface area (Å²) in [6.07, 6.45) is 2.46. The highest BCUT2D eigenvalue weighted by Crippen LogP contribution is 2.26. The molecule has 2 aromatic rings. The lowest BCUT2D eigenvalue weighted by atomic mass is 10.2. The van der Waals surface area contributed by atoms with E-state index in [2.05, 4.69) is 10.3 Å². The van der Waals surface area contributed by atoms with Crippen molar-refractivity contribution in [1.29, 1.82) is 0 Å². The maximum atomic E-state index is 13.0. The fourth-order valence-electron chi connectivity index (χ4n) is 3.14. The van der Waals surface area contributed by atoms with Gasteiger partial charge in [0, 0.05) is 18.8 Å². The fraction of sp³-hybridized carbons (Fsp3) is 0.389. The molecule has 26 heavy (non-hydrogen) atoms. The molecule has 1 fully saturated rings. The van der Waals surface area contributed by atoms with Crippen LogP contribution in [0.4, 0.5) is 0 Å². The Morgan fingerprint density at radius 2 is 1.85 bits per heavy atom. The summed E-state index contributed by atoms with van der Waals surface area (Å²) in [5, 5.41) is 2.08. The second-order valence-electron chi connectivity index (χ2n) is 6.47. The standard InChI is InChI=1S/C18H22N2O4S2/c1-2-14-6-8-16(9-7-14)26(23,24)18-13-25(21,22)12-17(18)20-11-15-5-3-4-10-19-15/h3-10,17-18,20H,2,11-13H2,1H3/t17-,18-/m0/s1. The van der Waals surface area contributed by atoms with E-state index in [0.29, 0.717) is 6.54 Å². The van der Waals surface area contributed by atoms with E-state index in [9.17, 15) is 16.8 Å². The summed E-state index contributed by atoms with van der Waals surface area (Å²) in [5.74, 6) is -0.540. The molecule has 0 bridgehead atoms. The monoisotopic (exact) mass is 394 g/mol. The van der Waals surface area contributed by atoms with Gasteiger partial charge in [0.15, 0.2) is 19.7 Å². The van der Waals surface area contributed by atoms with Crippen molar-refractivity contribution >= 4 is 19.7 Å². The zero-order chi connectivity index (χ0) is 18.8. The largest absolute Gasteiger partial charge is 0.306 e. The highest BCUT2D eigenvalue weighted by Gasteiger charge is 2.45. The molecule has 2 heterocycles. The Bertz CT molecular complexity index is 956. The van der Waals surface area contributed by atoms with E-state index < -0.39 is 31.0 Å². The molecule has 0 amide bonds. The van der Waals surface area contributed by atoms with Gasteiger partial charge in [0.2, 0.25) is 0 Å². The average Bonchev–Trinajstić information content (AvgIpc) is 2.96. The van der Waals surface area contributed by atoms with Crippen LogP contribution in [0.15, 0.2) is 53.6 Å². The summed E-state index contributed by atoms with van der Waals surface area (Å²) in [6, 6.07) is 11.4. The molecule has 2 atom stereocenters. The van der Waals surface area contributed by atoms with Crippen molar-refractivity contribution in [1.82, 2.24) is 10.3 Å². The molecular formula is C18H22N2O4S2. The topological polar surface area (TPSA) is 93.2 Å². The van der Waals surface area contributed by atoms with E-state index in [4.69, 9.17) is 0 Å². The second kappa shape index (κ2) is 7.46. The van der Waals surface area contributed by atoms with Crippen molar-refractivity contribution in [3.8, 4) is 0 Å². The van der Waals surface area contributed by atoms with Gasteiger partial charge in [0.25, 0.3) is 0 Å². The normalized spacial score (nSPS) is 22.3. The van der Waals surface area contributed by atoms with Crippen LogP contribution in [0.25, 0.3) is 0 Å². The molecule has 8 heteroatoms.